The lowest BCUT2D eigenvalue weighted by Crippen LogP contribution is -2.43. The lowest BCUT2D eigenvalue weighted by Gasteiger charge is -2.42. The van der Waals surface area contributed by atoms with Gasteiger partial charge in [-0.2, -0.15) is 0 Å². The van der Waals surface area contributed by atoms with Crippen LogP contribution in [0.2, 0.25) is 16.6 Å². The fourth-order valence-corrected chi connectivity index (χ4v) is 11.6. The van der Waals surface area contributed by atoms with E-state index in [1.807, 2.05) is 12.1 Å². The Kier molecular flexibility index (Phi) is 11.4. The summed E-state index contributed by atoms with van der Waals surface area (Å²) in [5.41, 5.74) is 7.90. The number of rotatable bonds is 13. The van der Waals surface area contributed by atoms with Crippen molar-refractivity contribution >= 4 is 31.2 Å². The molecule has 35 heavy (non-hydrogen) atoms. The zero-order valence-corrected chi connectivity index (χ0v) is 24.8. The van der Waals surface area contributed by atoms with E-state index in [0.29, 0.717) is 28.9 Å². The van der Waals surface area contributed by atoms with Gasteiger partial charge in [0.1, 0.15) is 17.3 Å². The van der Waals surface area contributed by atoms with Gasteiger partial charge in [-0.25, -0.2) is 0 Å². The first-order valence-corrected chi connectivity index (χ1v) is 15.9. The van der Waals surface area contributed by atoms with Crippen molar-refractivity contribution in [3.8, 4) is 11.5 Å². The van der Waals surface area contributed by atoms with Gasteiger partial charge in [0.25, 0.3) is 0 Å². The molecule has 0 radical (unpaired) electrons. The molecule has 0 saturated carbocycles. The molecular formula is C29H45ClO4Si. The first-order chi connectivity index (χ1) is 16.6. The van der Waals surface area contributed by atoms with Crippen LogP contribution in [0.3, 0.4) is 0 Å². The molecule has 2 rings (SSSR count). The maximum atomic E-state index is 11.9. The second-order valence-electron chi connectivity index (χ2n) is 10.5. The average molecular weight is 521 g/mol. The number of esters is 1. The number of ether oxygens (including phenoxy) is 3. The minimum absolute atomic E-state index is 0.172. The second kappa shape index (κ2) is 13.5. The van der Waals surface area contributed by atoms with Gasteiger partial charge in [0, 0.05) is 17.9 Å². The Bertz CT molecular complexity index is 895. The number of hydrogen-bond donors (Lipinski definition) is 0. The maximum Gasteiger partial charge on any atom is 0.305 e. The molecule has 196 valence electrons. The molecule has 1 aliphatic heterocycles. The molecule has 4 nitrogen and oxygen atoms in total. The average Bonchev–Trinajstić information content (AvgIpc) is 2.82. The third kappa shape index (κ3) is 6.94. The van der Waals surface area contributed by atoms with Crippen LogP contribution in [-0.4, -0.2) is 34.1 Å². The number of carbonyl (C=O) groups is 1. The molecule has 0 bridgehead atoms. The lowest BCUT2D eigenvalue weighted by atomic mass is 9.89. The minimum Gasteiger partial charge on any atom is -0.497 e. The van der Waals surface area contributed by atoms with Crippen LogP contribution in [0.4, 0.5) is 0 Å². The Morgan fingerprint density at radius 2 is 1.60 bits per heavy atom. The van der Waals surface area contributed by atoms with Crippen molar-refractivity contribution in [1.29, 1.82) is 0 Å². The molecule has 0 aliphatic carbocycles. The molecular weight excluding hydrogens is 476 g/mol. The van der Waals surface area contributed by atoms with Crippen molar-refractivity contribution < 1.29 is 19.0 Å². The van der Waals surface area contributed by atoms with E-state index < -0.39 is 8.07 Å². The largest absolute Gasteiger partial charge is 0.497 e. The maximum absolute atomic E-state index is 11.9. The topological polar surface area (TPSA) is 44.8 Å². The monoisotopic (exact) mass is 520 g/mol. The van der Waals surface area contributed by atoms with Crippen LogP contribution < -0.4 is 9.47 Å². The summed E-state index contributed by atoms with van der Waals surface area (Å²) in [7, 11) is 1.26. The zero-order valence-electron chi connectivity index (χ0n) is 23.0. The summed E-state index contributed by atoms with van der Waals surface area (Å²) in [4.78, 5) is 11.9. The smallest absolute Gasteiger partial charge is 0.305 e. The summed E-state index contributed by atoms with van der Waals surface area (Å²) in [6, 6.07) is 6.04. The van der Waals surface area contributed by atoms with Crippen molar-refractivity contribution in [1.82, 2.24) is 0 Å². The molecule has 0 N–H and O–H groups in total. The summed E-state index contributed by atoms with van der Waals surface area (Å²) < 4.78 is 17.2. The van der Waals surface area contributed by atoms with E-state index in [4.69, 9.17) is 25.8 Å². The van der Waals surface area contributed by atoms with Gasteiger partial charge in [0.2, 0.25) is 0 Å². The molecule has 6 heteroatoms. The Balaban J connectivity index is 2.73. The highest BCUT2D eigenvalue weighted by molar-refractivity contribution is 6.88. The number of hydrogen-bond acceptors (Lipinski definition) is 4. The first-order valence-electron chi connectivity index (χ1n) is 13.1. The minimum atomic E-state index is -1.87. The Morgan fingerprint density at radius 3 is 2.14 bits per heavy atom. The normalized spacial score (nSPS) is 15.1. The van der Waals surface area contributed by atoms with E-state index in [9.17, 15) is 4.79 Å². The fourth-order valence-electron chi connectivity index (χ4n) is 5.76. The van der Waals surface area contributed by atoms with Gasteiger partial charge in [0.15, 0.2) is 0 Å². The number of fused-ring (bicyclic) bond motifs is 1. The SMILES string of the molecule is COC(=O)CCCC1=C(CCCCCl)/C(=C/[Si](C(C)C)(C(C)C)C(C)C)Oc2ccc(OC)cc21. The molecule has 0 unspecified atom stereocenters. The summed E-state index contributed by atoms with van der Waals surface area (Å²) in [6.45, 7) is 14.2. The van der Waals surface area contributed by atoms with Gasteiger partial charge in [-0.1, -0.05) is 47.2 Å². The third-order valence-electron chi connectivity index (χ3n) is 7.62. The number of methoxy groups -OCH3 is 2. The number of allylic oxidation sites excluding steroid dienone is 2. The number of carbonyl (C=O) groups excluding carboxylic acids is 1. The van der Waals surface area contributed by atoms with E-state index in [1.54, 1.807) is 7.11 Å². The van der Waals surface area contributed by atoms with E-state index in [1.165, 1.54) is 18.3 Å². The van der Waals surface area contributed by atoms with Gasteiger partial charge < -0.3 is 14.2 Å². The van der Waals surface area contributed by atoms with Crippen LogP contribution in [0.1, 0.15) is 85.6 Å². The molecule has 0 spiro atoms. The molecule has 0 saturated heterocycles. The summed E-state index contributed by atoms with van der Waals surface area (Å²) >= 11 is 6.06. The third-order valence-corrected chi connectivity index (χ3v) is 14.6. The summed E-state index contributed by atoms with van der Waals surface area (Å²) in [6.07, 6.45) is 4.77. The Morgan fingerprint density at radius 1 is 0.971 bits per heavy atom. The first kappa shape index (κ1) is 29.5. The van der Waals surface area contributed by atoms with E-state index in [2.05, 4.69) is 53.3 Å². The van der Waals surface area contributed by atoms with Gasteiger partial charge in [-0.05, 0) is 78.1 Å². The Hall–Kier alpha value is -1.72. The predicted octanol–water partition coefficient (Wildman–Crippen LogP) is 8.70. The molecule has 0 aromatic heterocycles. The number of unbranched alkanes of at least 4 members (excludes halogenated alkanes) is 1. The number of halogens is 1. The van der Waals surface area contributed by atoms with Crippen molar-refractivity contribution in [2.45, 2.75) is 96.7 Å². The van der Waals surface area contributed by atoms with Crippen molar-refractivity contribution in [3.63, 3.8) is 0 Å². The van der Waals surface area contributed by atoms with Crippen LogP contribution in [-0.2, 0) is 9.53 Å². The molecule has 1 aromatic carbocycles. The van der Waals surface area contributed by atoms with E-state index >= 15 is 0 Å². The van der Waals surface area contributed by atoms with Crippen LogP contribution in [0.25, 0.3) is 5.57 Å². The number of benzene rings is 1. The lowest BCUT2D eigenvalue weighted by molar-refractivity contribution is -0.140. The van der Waals surface area contributed by atoms with Gasteiger partial charge in [0.05, 0.1) is 22.3 Å². The van der Waals surface area contributed by atoms with Gasteiger partial charge >= 0.3 is 5.97 Å². The number of alkyl halides is 1. The molecule has 0 atom stereocenters. The van der Waals surface area contributed by atoms with Crippen molar-refractivity contribution in [2.75, 3.05) is 20.1 Å². The zero-order chi connectivity index (χ0) is 26.2. The van der Waals surface area contributed by atoms with Gasteiger partial charge in [-0.3, -0.25) is 4.79 Å². The second-order valence-corrected chi connectivity index (χ2v) is 16.6. The highest BCUT2D eigenvalue weighted by Crippen LogP contribution is 2.48. The molecule has 1 heterocycles. The molecule has 0 amide bonds. The van der Waals surface area contributed by atoms with Crippen LogP contribution >= 0.6 is 11.6 Å². The van der Waals surface area contributed by atoms with Gasteiger partial charge in [-0.15, -0.1) is 11.6 Å². The van der Waals surface area contributed by atoms with E-state index in [-0.39, 0.29) is 5.97 Å². The molecule has 1 aromatic rings. The quantitative estimate of drug-likeness (QED) is 0.113. The van der Waals surface area contributed by atoms with Crippen molar-refractivity contribution in [2.24, 2.45) is 0 Å². The Labute approximate surface area is 219 Å². The fraction of sp³-hybridized carbons (Fsp3) is 0.621. The highest BCUT2D eigenvalue weighted by Gasteiger charge is 2.42. The summed E-state index contributed by atoms with van der Waals surface area (Å²) in [5.74, 6) is 3.17. The molecule has 0 fully saturated rings. The van der Waals surface area contributed by atoms with E-state index in [0.717, 1.165) is 54.9 Å². The van der Waals surface area contributed by atoms with Crippen LogP contribution in [0, 0.1) is 0 Å². The standard InChI is InChI=1S/C29H45ClO4Si/c1-20(2)35(21(3)4,22(5)6)19-28-25(12-9-10-17-30)24(13-11-14-29(31)33-8)26-18-23(32-7)15-16-27(26)34-28/h15-16,18-22H,9-14,17H2,1-8H3/b28-19-. The predicted molar refractivity (Wildman–Crippen MR) is 150 cm³/mol. The van der Waals surface area contributed by atoms with Crippen molar-refractivity contribution in [3.05, 3.63) is 40.8 Å². The summed E-state index contributed by atoms with van der Waals surface area (Å²) in [5, 5.41) is 0. The van der Waals surface area contributed by atoms with Crippen LogP contribution in [0.5, 0.6) is 11.5 Å². The highest BCUT2D eigenvalue weighted by atomic mass is 35.5. The van der Waals surface area contributed by atoms with Crippen LogP contribution in [0.15, 0.2) is 35.2 Å². The molecule has 1 aliphatic rings.